The molecule has 1 aromatic heterocycles. The third kappa shape index (κ3) is 3.15. The quantitative estimate of drug-likeness (QED) is 0.205. The number of hydrogen-bond donors (Lipinski definition) is 0. The molecule has 7 aromatic carbocycles. The van der Waals surface area contributed by atoms with Gasteiger partial charge in [-0.2, -0.15) is 0 Å². The summed E-state index contributed by atoms with van der Waals surface area (Å²) in [5.41, 5.74) is 14.1. The summed E-state index contributed by atoms with van der Waals surface area (Å²) in [6.45, 7) is 0. The van der Waals surface area contributed by atoms with Crippen molar-refractivity contribution in [1.82, 2.24) is 4.57 Å². The predicted octanol–water partition coefficient (Wildman–Crippen LogP) is 10.3. The number of fused-ring (bicyclic) bond motifs is 11. The van der Waals surface area contributed by atoms with Gasteiger partial charge in [0, 0.05) is 28.1 Å². The second kappa shape index (κ2) is 8.53. The van der Waals surface area contributed by atoms with Crippen LogP contribution in [-0.2, 0) is 12.8 Å². The van der Waals surface area contributed by atoms with E-state index in [1.165, 1.54) is 88.1 Å². The Morgan fingerprint density at radius 2 is 1.28 bits per heavy atom. The van der Waals surface area contributed by atoms with Gasteiger partial charge in [0.25, 0.3) is 0 Å². The van der Waals surface area contributed by atoms with Crippen LogP contribution in [0.1, 0.15) is 22.3 Å². The molecule has 8 aromatic rings. The van der Waals surface area contributed by atoms with E-state index in [0.29, 0.717) is 0 Å². The first kappa shape index (κ1) is 23.1. The Hall–Kier alpha value is -5.47. The standard InChI is InChI=1S/C41H26N2/c1-3-12-28-25(9-1)19-22-39-41(28)33-13-4-6-17-38(33)43(39)37-18-8-14-29-30(37)20-21-31-34(29)23-27-11-7-15-32(40(27)31)36-24-26-10-2-5-16-35(26)42-36/h1-22H,23-24H2. The second-order valence-corrected chi connectivity index (χ2v) is 11.9. The van der Waals surface area contributed by atoms with E-state index in [4.69, 9.17) is 4.99 Å². The van der Waals surface area contributed by atoms with E-state index in [9.17, 15) is 0 Å². The van der Waals surface area contributed by atoms with Gasteiger partial charge in [0.05, 0.1) is 28.1 Å². The van der Waals surface area contributed by atoms with Crippen LogP contribution < -0.4 is 0 Å². The van der Waals surface area contributed by atoms with Crippen molar-refractivity contribution in [2.24, 2.45) is 4.99 Å². The normalized spacial score (nSPS) is 13.5. The van der Waals surface area contributed by atoms with E-state index in [0.717, 1.165) is 18.5 Å². The second-order valence-electron chi connectivity index (χ2n) is 11.9. The fourth-order valence-corrected chi connectivity index (χ4v) is 7.81. The highest BCUT2D eigenvalue weighted by Crippen LogP contribution is 2.46. The molecule has 2 heterocycles. The first-order valence-electron chi connectivity index (χ1n) is 15.1. The monoisotopic (exact) mass is 546 g/mol. The minimum absolute atomic E-state index is 0.891. The Morgan fingerprint density at radius 1 is 0.488 bits per heavy atom. The highest BCUT2D eigenvalue weighted by molar-refractivity contribution is 6.22. The molecular weight excluding hydrogens is 520 g/mol. The van der Waals surface area contributed by atoms with E-state index >= 15 is 0 Å². The molecule has 0 unspecified atom stereocenters. The van der Waals surface area contributed by atoms with Crippen molar-refractivity contribution in [2.45, 2.75) is 12.8 Å². The molecule has 0 spiro atoms. The van der Waals surface area contributed by atoms with E-state index in [1.807, 2.05) is 0 Å². The van der Waals surface area contributed by atoms with Crippen molar-refractivity contribution < 1.29 is 0 Å². The van der Waals surface area contributed by atoms with Crippen molar-refractivity contribution in [3.05, 3.63) is 156 Å². The minimum atomic E-state index is 0.891. The average Bonchev–Trinajstić information content (AvgIpc) is 3.76. The van der Waals surface area contributed by atoms with Crippen molar-refractivity contribution in [3.63, 3.8) is 0 Å². The fourth-order valence-electron chi connectivity index (χ4n) is 7.81. The van der Waals surface area contributed by atoms with Gasteiger partial charge in [0.2, 0.25) is 0 Å². The first-order valence-corrected chi connectivity index (χ1v) is 15.1. The van der Waals surface area contributed by atoms with Gasteiger partial charge in [-0.05, 0) is 74.7 Å². The Kier molecular flexibility index (Phi) is 4.59. The zero-order chi connectivity index (χ0) is 28.1. The number of aromatic nitrogens is 1. The summed E-state index contributed by atoms with van der Waals surface area (Å²) in [5, 5.41) is 7.82. The Bertz CT molecular complexity index is 2510. The number of para-hydroxylation sites is 2. The lowest BCUT2D eigenvalue weighted by molar-refractivity contribution is 1.20. The molecule has 0 saturated carbocycles. The van der Waals surface area contributed by atoms with Gasteiger partial charge in [-0.25, -0.2) is 0 Å². The smallest absolute Gasteiger partial charge is 0.0669 e. The molecule has 2 aliphatic rings. The minimum Gasteiger partial charge on any atom is -0.309 e. The number of aliphatic imine (C=N–C) groups is 1. The van der Waals surface area contributed by atoms with Crippen LogP contribution in [0.5, 0.6) is 0 Å². The molecule has 0 fully saturated rings. The van der Waals surface area contributed by atoms with Gasteiger partial charge < -0.3 is 4.57 Å². The van der Waals surface area contributed by atoms with Crippen LogP contribution in [0.4, 0.5) is 5.69 Å². The van der Waals surface area contributed by atoms with Crippen LogP contribution in [0.3, 0.4) is 0 Å². The number of hydrogen-bond acceptors (Lipinski definition) is 1. The van der Waals surface area contributed by atoms with Gasteiger partial charge in [-0.15, -0.1) is 0 Å². The van der Waals surface area contributed by atoms with Crippen LogP contribution in [0.15, 0.2) is 138 Å². The van der Waals surface area contributed by atoms with Gasteiger partial charge in [-0.3, -0.25) is 4.99 Å². The highest BCUT2D eigenvalue weighted by Gasteiger charge is 2.27. The van der Waals surface area contributed by atoms with Gasteiger partial charge in [-0.1, -0.05) is 109 Å². The number of rotatable bonds is 2. The molecule has 2 heteroatoms. The van der Waals surface area contributed by atoms with Crippen LogP contribution in [0, 0.1) is 0 Å². The molecule has 2 nitrogen and oxygen atoms in total. The molecule has 1 aliphatic heterocycles. The molecule has 0 amide bonds. The molecule has 0 N–H and O–H groups in total. The van der Waals surface area contributed by atoms with Crippen LogP contribution in [0.2, 0.25) is 0 Å². The van der Waals surface area contributed by atoms with Crippen molar-refractivity contribution in [2.75, 3.05) is 0 Å². The third-order valence-corrected chi connectivity index (χ3v) is 9.66. The van der Waals surface area contributed by atoms with Crippen molar-refractivity contribution in [3.8, 4) is 16.8 Å². The number of benzene rings is 7. The van der Waals surface area contributed by atoms with E-state index in [-0.39, 0.29) is 0 Å². The summed E-state index contributed by atoms with van der Waals surface area (Å²) in [5.74, 6) is 0. The first-order chi connectivity index (χ1) is 21.3. The van der Waals surface area contributed by atoms with Gasteiger partial charge in [0.1, 0.15) is 0 Å². The zero-order valence-corrected chi connectivity index (χ0v) is 23.5. The lowest BCUT2D eigenvalue weighted by atomic mass is 9.93. The summed E-state index contributed by atoms with van der Waals surface area (Å²) in [6, 6.07) is 49.0. The summed E-state index contributed by atoms with van der Waals surface area (Å²) in [7, 11) is 0. The van der Waals surface area contributed by atoms with Crippen LogP contribution >= 0.6 is 0 Å². The maximum Gasteiger partial charge on any atom is 0.0669 e. The molecular formula is C41H26N2. The summed E-state index contributed by atoms with van der Waals surface area (Å²) in [6.07, 6.45) is 1.83. The van der Waals surface area contributed by atoms with Crippen molar-refractivity contribution in [1.29, 1.82) is 0 Å². The predicted molar refractivity (Wildman–Crippen MR) is 180 cm³/mol. The Labute approximate surface area is 249 Å². The molecule has 0 atom stereocenters. The average molecular weight is 547 g/mol. The third-order valence-electron chi connectivity index (χ3n) is 9.66. The summed E-state index contributed by atoms with van der Waals surface area (Å²) < 4.78 is 2.48. The van der Waals surface area contributed by atoms with E-state index in [1.54, 1.807) is 0 Å². The largest absolute Gasteiger partial charge is 0.309 e. The fraction of sp³-hybridized carbons (Fsp3) is 0.0488. The molecule has 43 heavy (non-hydrogen) atoms. The number of nitrogens with zero attached hydrogens (tertiary/aromatic N) is 2. The van der Waals surface area contributed by atoms with Gasteiger partial charge in [0.15, 0.2) is 0 Å². The molecule has 10 rings (SSSR count). The van der Waals surface area contributed by atoms with Gasteiger partial charge >= 0.3 is 0 Å². The highest BCUT2D eigenvalue weighted by atomic mass is 15.0. The zero-order valence-electron chi connectivity index (χ0n) is 23.5. The summed E-state index contributed by atoms with van der Waals surface area (Å²) >= 11 is 0. The van der Waals surface area contributed by atoms with Crippen LogP contribution in [0.25, 0.3) is 60.2 Å². The Balaban J connectivity index is 1.20. The van der Waals surface area contributed by atoms with E-state index < -0.39 is 0 Å². The molecule has 200 valence electrons. The Morgan fingerprint density at radius 3 is 2.23 bits per heavy atom. The van der Waals surface area contributed by atoms with Crippen molar-refractivity contribution >= 4 is 54.7 Å². The molecule has 0 bridgehead atoms. The summed E-state index contributed by atoms with van der Waals surface area (Å²) in [4.78, 5) is 5.08. The molecule has 1 aliphatic carbocycles. The molecule has 0 saturated heterocycles. The lowest BCUT2D eigenvalue weighted by Gasteiger charge is -2.15. The SMILES string of the molecule is c1ccc2c(c1)CC(c1cccc3c1-c1ccc4c(-n5c6ccccc6c6c7ccccc7ccc65)cccc4c1C3)=N2. The molecule has 0 radical (unpaired) electrons. The van der Waals surface area contributed by atoms with E-state index in [2.05, 4.69) is 138 Å². The topological polar surface area (TPSA) is 17.3 Å². The van der Waals surface area contributed by atoms with Crippen LogP contribution in [-0.4, -0.2) is 10.3 Å². The maximum atomic E-state index is 5.08. The lowest BCUT2D eigenvalue weighted by Crippen LogP contribution is -2.03. The maximum absolute atomic E-state index is 5.08.